The lowest BCUT2D eigenvalue weighted by Gasteiger charge is -2.05. The number of benzene rings is 1. The van der Waals surface area contributed by atoms with Crippen molar-refractivity contribution in [3.8, 4) is 6.07 Å². The largest absolute Gasteiger partial charge is 0.465 e. The summed E-state index contributed by atoms with van der Waals surface area (Å²) in [4.78, 5) is 11.0. The molecule has 0 heterocycles. The minimum Gasteiger partial charge on any atom is -0.465 e. The summed E-state index contributed by atoms with van der Waals surface area (Å²) in [6, 6.07) is 8.96. The molecule has 4 heteroatoms. The Morgan fingerprint density at radius 1 is 1.60 bits per heavy atom. The Morgan fingerprint density at radius 3 is 3.07 bits per heavy atom. The summed E-state index contributed by atoms with van der Waals surface area (Å²) in [6.07, 6.45) is 0. The van der Waals surface area contributed by atoms with Gasteiger partial charge < -0.3 is 10.1 Å². The summed E-state index contributed by atoms with van der Waals surface area (Å²) in [7, 11) is 0. The molecule has 15 heavy (non-hydrogen) atoms. The van der Waals surface area contributed by atoms with Gasteiger partial charge in [-0.1, -0.05) is 6.07 Å². The van der Waals surface area contributed by atoms with Crippen LogP contribution >= 0.6 is 0 Å². The van der Waals surface area contributed by atoms with Crippen LogP contribution in [0.5, 0.6) is 0 Å². The summed E-state index contributed by atoms with van der Waals surface area (Å²) in [5.41, 5.74) is 1.30. The first-order valence-corrected chi connectivity index (χ1v) is 4.66. The number of nitrogens with zero attached hydrogens (tertiary/aromatic N) is 1. The molecule has 0 bridgehead atoms. The summed E-state index contributed by atoms with van der Waals surface area (Å²) in [6.45, 7) is 2.25. The average Bonchev–Trinajstić information content (AvgIpc) is 2.27. The lowest BCUT2D eigenvalue weighted by molar-refractivity contribution is -0.140. The second kappa shape index (κ2) is 5.66. The minimum atomic E-state index is -0.306. The van der Waals surface area contributed by atoms with Crippen molar-refractivity contribution in [3.05, 3.63) is 29.8 Å². The molecule has 0 radical (unpaired) electrons. The number of esters is 1. The predicted octanol–water partition coefficient (Wildman–Crippen LogP) is 1.53. The third kappa shape index (κ3) is 3.69. The zero-order valence-corrected chi connectivity index (χ0v) is 8.49. The van der Waals surface area contributed by atoms with Gasteiger partial charge in [0.25, 0.3) is 0 Å². The van der Waals surface area contributed by atoms with Crippen molar-refractivity contribution in [2.45, 2.75) is 6.92 Å². The van der Waals surface area contributed by atoms with E-state index in [-0.39, 0.29) is 12.5 Å². The zero-order chi connectivity index (χ0) is 11.1. The summed E-state index contributed by atoms with van der Waals surface area (Å²) in [5.74, 6) is -0.306. The normalized spacial score (nSPS) is 9.07. The fourth-order valence-corrected chi connectivity index (χ4v) is 1.08. The van der Waals surface area contributed by atoms with E-state index in [0.29, 0.717) is 12.2 Å². The molecule has 0 aliphatic heterocycles. The van der Waals surface area contributed by atoms with Crippen LogP contribution in [0.4, 0.5) is 5.69 Å². The van der Waals surface area contributed by atoms with Gasteiger partial charge in [-0.2, -0.15) is 5.26 Å². The maximum atomic E-state index is 11.0. The number of carbonyl (C=O) groups is 1. The van der Waals surface area contributed by atoms with Gasteiger partial charge in [-0.05, 0) is 25.1 Å². The topological polar surface area (TPSA) is 62.1 Å². The second-order valence-corrected chi connectivity index (χ2v) is 2.85. The molecule has 0 fully saturated rings. The molecule has 0 aromatic heterocycles. The highest BCUT2D eigenvalue weighted by atomic mass is 16.5. The highest BCUT2D eigenvalue weighted by Gasteiger charge is 2.01. The molecule has 0 amide bonds. The van der Waals surface area contributed by atoms with E-state index in [1.165, 1.54) is 0 Å². The van der Waals surface area contributed by atoms with Crippen LogP contribution in [-0.2, 0) is 9.53 Å². The molecular weight excluding hydrogens is 192 g/mol. The maximum Gasteiger partial charge on any atom is 0.325 e. The Hall–Kier alpha value is -2.02. The van der Waals surface area contributed by atoms with E-state index >= 15 is 0 Å². The molecule has 78 valence electrons. The van der Waals surface area contributed by atoms with Gasteiger partial charge in [-0.15, -0.1) is 0 Å². The number of hydrogen-bond acceptors (Lipinski definition) is 4. The van der Waals surface area contributed by atoms with E-state index in [4.69, 9.17) is 10.00 Å². The minimum absolute atomic E-state index is 0.114. The van der Waals surface area contributed by atoms with E-state index < -0.39 is 0 Å². The molecule has 0 aliphatic carbocycles. The van der Waals surface area contributed by atoms with Gasteiger partial charge in [0.05, 0.1) is 18.2 Å². The number of anilines is 1. The molecule has 0 unspecified atom stereocenters. The van der Waals surface area contributed by atoms with Crippen molar-refractivity contribution < 1.29 is 9.53 Å². The van der Waals surface area contributed by atoms with Gasteiger partial charge in [0.15, 0.2) is 0 Å². The standard InChI is InChI=1S/C11H12N2O2/c1-2-15-11(14)8-13-10-5-3-4-9(6-10)7-12/h3-6,13H,2,8H2,1H3. The Kier molecular flexibility index (Phi) is 4.17. The molecule has 1 aromatic carbocycles. The SMILES string of the molecule is CCOC(=O)CNc1cccc(C#N)c1. The van der Waals surface area contributed by atoms with Gasteiger partial charge in [-0.3, -0.25) is 4.79 Å². The van der Waals surface area contributed by atoms with Gasteiger partial charge in [0.1, 0.15) is 6.54 Å². The number of rotatable bonds is 4. The fraction of sp³-hybridized carbons (Fsp3) is 0.273. The summed E-state index contributed by atoms with van der Waals surface area (Å²) < 4.78 is 4.75. The molecule has 1 N–H and O–H groups in total. The third-order valence-corrected chi connectivity index (χ3v) is 1.73. The second-order valence-electron chi connectivity index (χ2n) is 2.85. The quantitative estimate of drug-likeness (QED) is 0.755. The summed E-state index contributed by atoms with van der Waals surface area (Å²) in [5, 5.41) is 11.5. The lowest BCUT2D eigenvalue weighted by atomic mass is 10.2. The number of hydrogen-bond donors (Lipinski definition) is 1. The molecule has 4 nitrogen and oxygen atoms in total. The number of ether oxygens (including phenoxy) is 1. The van der Waals surface area contributed by atoms with Crippen molar-refractivity contribution in [1.29, 1.82) is 5.26 Å². The average molecular weight is 204 g/mol. The van der Waals surface area contributed by atoms with Gasteiger partial charge in [0.2, 0.25) is 0 Å². The highest BCUT2D eigenvalue weighted by molar-refractivity contribution is 5.75. The van der Waals surface area contributed by atoms with Crippen LogP contribution in [0.1, 0.15) is 12.5 Å². The van der Waals surface area contributed by atoms with Crippen molar-refractivity contribution in [3.63, 3.8) is 0 Å². The molecule has 0 saturated carbocycles. The Labute approximate surface area is 88.5 Å². The van der Waals surface area contributed by atoms with Crippen molar-refractivity contribution in [2.75, 3.05) is 18.5 Å². The van der Waals surface area contributed by atoms with Crippen LogP contribution in [-0.4, -0.2) is 19.1 Å². The Balaban J connectivity index is 2.51. The first kappa shape index (κ1) is 11.1. The van der Waals surface area contributed by atoms with Crippen LogP contribution in [0.3, 0.4) is 0 Å². The molecule has 0 aliphatic rings. The molecular formula is C11H12N2O2. The molecule has 0 atom stereocenters. The van der Waals surface area contributed by atoms with Crippen LogP contribution in [0.15, 0.2) is 24.3 Å². The van der Waals surface area contributed by atoms with E-state index in [1.54, 1.807) is 31.2 Å². The molecule has 0 spiro atoms. The van der Waals surface area contributed by atoms with E-state index in [0.717, 1.165) is 5.69 Å². The van der Waals surface area contributed by atoms with Crippen LogP contribution in [0.25, 0.3) is 0 Å². The smallest absolute Gasteiger partial charge is 0.325 e. The zero-order valence-electron chi connectivity index (χ0n) is 8.49. The van der Waals surface area contributed by atoms with Crippen LogP contribution in [0.2, 0.25) is 0 Å². The number of carbonyl (C=O) groups excluding carboxylic acids is 1. The highest BCUT2D eigenvalue weighted by Crippen LogP contribution is 2.08. The Bertz CT molecular complexity index is 382. The van der Waals surface area contributed by atoms with Crippen molar-refractivity contribution >= 4 is 11.7 Å². The van der Waals surface area contributed by atoms with E-state index in [2.05, 4.69) is 5.32 Å². The monoisotopic (exact) mass is 204 g/mol. The van der Waals surface area contributed by atoms with Gasteiger partial charge in [-0.25, -0.2) is 0 Å². The molecule has 1 rings (SSSR count). The number of nitrogens with one attached hydrogen (secondary N) is 1. The van der Waals surface area contributed by atoms with Crippen LogP contribution in [0, 0.1) is 11.3 Å². The fourth-order valence-electron chi connectivity index (χ4n) is 1.08. The van der Waals surface area contributed by atoms with Gasteiger partial charge in [0, 0.05) is 5.69 Å². The van der Waals surface area contributed by atoms with Gasteiger partial charge >= 0.3 is 5.97 Å². The maximum absolute atomic E-state index is 11.0. The molecule has 1 aromatic rings. The van der Waals surface area contributed by atoms with E-state index in [1.807, 2.05) is 6.07 Å². The molecule has 0 saturated heterocycles. The van der Waals surface area contributed by atoms with Crippen molar-refractivity contribution in [2.24, 2.45) is 0 Å². The van der Waals surface area contributed by atoms with Crippen LogP contribution < -0.4 is 5.32 Å². The first-order valence-electron chi connectivity index (χ1n) is 4.66. The predicted molar refractivity (Wildman–Crippen MR) is 56.3 cm³/mol. The third-order valence-electron chi connectivity index (χ3n) is 1.73. The van der Waals surface area contributed by atoms with E-state index in [9.17, 15) is 4.79 Å². The van der Waals surface area contributed by atoms with Crippen molar-refractivity contribution in [1.82, 2.24) is 0 Å². The Morgan fingerprint density at radius 2 is 2.40 bits per heavy atom. The first-order chi connectivity index (χ1) is 7.26. The lowest BCUT2D eigenvalue weighted by Crippen LogP contribution is -2.16. The number of nitriles is 1. The summed E-state index contributed by atoms with van der Waals surface area (Å²) >= 11 is 0.